The van der Waals surface area contributed by atoms with E-state index in [0.717, 1.165) is 23.3 Å². The molecule has 1 heterocycles. The SMILES string of the molecule is C=C/C=C(\C=C/C)CNC(=O)N(C1C[C@@H](CC(/C=C\C(C)O)=C/C)C(=O)N(Cc2ccc(F)cc2F)C1)N(CC=C)CC(C)=O.CC. The molecule has 1 aliphatic rings. The highest BCUT2D eigenvalue weighted by Gasteiger charge is 2.41. The largest absolute Gasteiger partial charge is 0.389 e. The minimum Gasteiger partial charge on any atom is -0.389 e. The van der Waals surface area contributed by atoms with Gasteiger partial charge in [-0.3, -0.25) is 14.6 Å². The fraction of sp³-hybridized carbons (Fsp3) is 0.432. The number of rotatable bonds is 16. The highest BCUT2D eigenvalue weighted by atomic mass is 19.1. The van der Waals surface area contributed by atoms with Gasteiger partial charge in [0.1, 0.15) is 17.4 Å². The minimum atomic E-state index is -0.777. The molecule has 10 heteroatoms. The predicted octanol–water partition coefficient (Wildman–Crippen LogP) is 6.67. The molecule has 0 saturated carbocycles. The smallest absolute Gasteiger partial charge is 0.332 e. The van der Waals surface area contributed by atoms with E-state index in [9.17, 15) is 28.3 Å². The topological polar surface area (TPSA) is 93.2 Å². The van der Waals surface area contributed by atoms with Gasteiger partial charge in [-0.15, -0.1) is 6.58 Å². The molecule has 1 saturated heterocycles. The summed E-state index contributed by atoms with van der Waals surface area (Å²) in [5, 5.41) is 15.8. The molecule has 8 nitrogen and oxygen atoms in total. The van der Waals surface area contributed by atoms with Crippen LogP contribution in [0.1, 0.15) is 59.9 Å². The highest BCUT2D eigenvalue weighted by molar-refractivity contribution is 5.82. The summed E-state index contributed by atoms with van der Waals surface area (Å²) in [7, 11) is 0. The van der Waals surface area contributed by atoms with Gasteiger partial charge in [0.2, 0.25) is 5.91 Å². The Morgan fingerprint density at radius 3 is 2.43 bits per heavy atom. The van der Waals surface area contributed by atoms with Crippen molar-refractivity contribution in [1.82, 2.24) is 20.2 Å². The van der Waals surface area contributed by atoms with Crippen molar-refractivity contribution in [1.29, 1.82) is 0 Å². The van der Waals surface area contributed by atoms with Crippen molar-refractivity contribution >= 4 is 17.7 Å². The number of ketones is 1. The van der Waals surface area contributed by atoms with Crippen molar-refractivity contribution in [2.45, 2.75) is 73.1 Å². The molecule has 258 valence electrons. The van der Waals surface area contributed by atoms with Crippen molar-refractivity contribution in [3.05, 3.63) is 108 Å². The summed E-state index contributed by atoms with van der Waals surface area (Å²) in [5.41, 5.74) is 1.74. The molecule has 1 aromatic carbocycles. The molecule has 1 aromatic rings. The Morgan fingerprint density at radius 1 is 1.17 bits per heavy atom. The van der Waals surface area contributed by atoms with Crippen LogP contribution in [0.3, 0.4) is 0 Å². The van der Waals surface area contributed by atoms with Crippen molar-refractivity contribution in [2.24, 2.45) is 5.92 Å². The lowest BCUT2D eigenvalue weighted by atomic mass is 9.86. The number of aliphatic hydroxyl groups excluding tert-OH is 1. The van der Waals surface area contributed by atoms with Crippen molar-refractivity contribution in [3.8, 4) is 0 Å². The second kappa shape index (κ2) is 21.6. The number of nitrogens with zero attached hydrogens (tertiary/aromatic N) is 3. The van der Waals surface area contributed by atoms with Gasteiger partial charge in [0.15, 0.2) is 0 Å². The van der Waals surface area contributed by atoms with Gasteiger partial charge in [0, 0.05) is 43.7 Å². The van der Waals surface area contributed by atoms with Crippen LogP contribution in [0.15, 0.2) is 91.1 Å². The predicted molar refractivity (Wildman–Crippen MR) is 185 cm³/mol. The number of urea groups is 1. The molecule has 47 heavy (non-hydrogen) atoms. The van der Waals surface area contributed by atoms with E-state index >= 15 is 0 Å². The van der Waals surface area contributed by atoms with Gasteiger partial charge in [-0.2, -0.15) is 0 Å². The van der Waals surface area contributed by atoms with Gasteiger partial charge >= 0.3 is 6.03 Å². The number of allylic oxidation sites excluding steroid dienone is 6. The maximum absolute atomic E-state index is 14.8. The van der Waals surface area contributed by atoms with Crippen LogP contribution in [0.4, 0.5) is 13.6 Å². The number of benzene rings is 1. The third-order valence-electron chi connectivity index (χ3n) is 7.23. The maximum Gasteiger partial charge on any atom is 0.332 e. The number of aliphatic hydroxyl groups is 1. The first-order chi connectivity index (χ1) is 22.4. The lowest BCUT2D eigenvalue weighted by Gasteiger charge is -2.46. The van der Waals surface area contributed by atoms with Crippen molar-refractivity contribution in [3.63, 3.8) is 0 Å². The van der Waals surface area contributed by atoms with Crippen LogP contribution in [-0.2, 0) is 16.1 Å². The number of nitrogens with one attached hydrogen (secondary N) is 1. The number of carbonyl (C=O) groups is 3. The highest BCUT2D eigenvalue weighted by Crippen LogP contribution is 2.30. The van der Waals surface area contributed by atoms with Gasteiger partial charge in [0.25, 0.3) is 0 Å². The zero-order valence-electron chi connectivity index (χ0n) is 28.7. The number of hydrogen-bond acceptors (Lipinski definition) is 5. The number of hydrogen-bond donors (Lipinski definition) is 2. The van der Waals surface area contributed by atoms with E-state index in [1.165, 1.54) is 22.9 Å². The number of halogens is 2. The average molecular weight is 655 g/mol. The molecule has 0 aliphatic carbocycles. The molecule has 3 atom stereocenters. The molecule has 2 unspecified atom stereocenters. The van der Waals surface area contributed by atoms with Crippen LogP contribution in [0.5, 0.6) is 0 Å². The van der Waals surface area contributed by atoms with E-state index < -0.39 is 35.7 Å². The number of likely N-dealkylation sites (tertiary alicyclic amines) is 1. The Labute approximate surface area is 279 Å². The summed E-state index contributed by atoms with van der Waals surface area (Å²) in [6, 6.07) is 2.12. The molecule has 0 spiro atoms. The quantitative estimate of drug-likeness (QED) is 0.118. The molecular weight excluding hydrogens is 602 g/mol. The Morgan fingerprint density at radius 2 is 1.87 bits per heavy atom. The second-order valence-corrected chi connectivity index (χ2v) is 11.0. The van der Waals surface area contributed by atoms with Crippen molar-refractivity contribution in [2.75, 3.05) is 26.2 Å². The first-order valence-electron chi connectivity index (χ1n) is 16.0. The van der Waals surface area contributed by atoms with Crippen LogP contribution in [0.2, 0.25) is 0 Å². The zero-order chi connectivity index (χ0) is 35.5. The van der Waals surface area contributed by atoms with Crippen LogP contribution >= 0.6 is 0 Å². The standard InChI is InChI=1S/C35H46F2N4O4.C2H6/c1-7-11-28(12-8-2)21-38-35(45)41(40(17-9-3)22-26(6)43)32-19-30(18-27(10-4)14-13-25(5)42)34(44)39(24-32)23-29-15-16-31(36)20-33(29)37;1-2/h7-16,20,25,30,32,42H,1,3,17-19,21-24H2,2,4-6H3,(H,38,45);1-2H3/b12-8-,14-13-,27-10+,28-11+;/t25?,30-,32?;/m1./s1. The molecule has 1 aliphatic heterocycles. The fourth-order valence-corrected chi connectivity index (χ4v) is 5.24. The number of piperidine rings is 1. The van der Waals surface area contributed by atoms with E-state index in [1.54, 1.807) is 42.3 Å². The summed E-state index contributed by atoms with van der Waals surface area (Å²) in [6.07, 6.45) is 13.7. The number of Topliss-reactive ketones (excluding diaryl/α,β-unsaturated/α-hetero) is 1. The number of carbonyl (C=O) groups excluding carboxylic acids is 3. The molecule has 0 aromatic heterocycles. The normalized spacial score (nSPS) is 17.8. The minimum absolute atomic E-state index is 0.0457. The first-order valence-corrected chi connectivity index (χ1v) is 16.0. The molecular formula is C37H52F2N4O4. The Balaban J connectivity index is 0.00000541. The summed E-state index contributed by atoms with van der Waals surface area (Å²) >= 11 is 0. The number of hydrazine groups is 1. The summed E-state index contributed by atoms with van der Waals surface area (Å²) < 4.78 is 28.4. The van der Waals surface area contributed by atoms with Crippen LogP contribution in [0.25, 0.3) is 0 Å². The summed E-state index contributed by atoms with van der Waals surface area (Å²) in [4.78, 5) is 41.6. The van der Waals surface area contributed by atoms with E-state index in [-0.39, 0.29) is 56.4 Å². The van der Waals surface area contributed by atoms with Crippen LogP contribution in [0, 0.1) is 17.6 Å². The van der Waals surface area contributed by atoms with Gasteiger partial charge in [-0.05, 0) is 52.2 Å². The maximum atomic E-state index is 14.8. The first kappa shape index (κ1) is 40.9. The van der Waals surface area contributed by atoms with Crippen LogP contribution in [-0.4, -0.2) is 76.1 Å². The van der Waals surface area contributed by atoms with Gasteiger partial charge in [-0.25, -0.2) is 18.6 Å². The van der Waals surface area contributed by atoms with E-state index in [0.29, 0.717) is 6.42 Å². The second-order valence-electron chi connectivity index (χ2n) is 11.0. The molecule has 3 amide bonds. The Bertz CT molecular complexity index is 1340. The van der Waals surface area contributed by atoms with E-state index in [1.807, 2.05) is 45.9 Å². The molecule has 0 radical (unpaired) electrons. The molecule has 0 bridgehead atoms. The lowest BCUT2D eigenvalue weighted by molar-refractivity contribution is -0.145. The van der Waals surface area contributed by atoms with Gasteiger partial charge in [0.05, 0.1) is 18.7 Å². The average Bonchev–Trinajstić information content (AvgIpc) is 3.02. The fourth-order valence-electron chi connectivity index (χ4n) is 5.24. The van der Waals surface area contributed by atoms with Gasteiger partial charge in [-0.1, -0.05) is 80.7 Å². The van der Waals surface area contributed by atoms with Crippen molar-refractivity contribution < 1.29 is 28.3 Å². The van der Waals surface area contributed by atoms with E-state index in [2.05, 4.69) is 18.5 Å². The monoisotopic (exact) mass is 654 g/mol. The molecule has 2 rings (SSSR count). The van der Waals surface area contributed by atoms with Crippen LogP contribution < -0.4 is 5.32 Å². The summed E-state index contributed by atoms with van der Waals surface area (Å²) in [5.74, 6) is -2.54. The summed E-state index contributed by atoms with van der Waals surface area (Å²) in [6.45, 7) is 18.5. The zero-order valence-corrected chi connectivity index (χ0v) is 28.7. The number of amides is 3. The third kappa shape index (κ3) is 13.6. The molecule has 2 N–H and O–H groups in total. The third-order valence-corrected chi connectivity index (χ3v) is 7.23. The molecule has 1 fully saturated rings. The Kier molecular flexibility index (Phi) is 18.8. The lowest BCUT2D eigenvalue weighted by Crippen LogP contribution is -2.62. The van der Waals surface area contributed by atoms with E-state index in [4.69, 9.17) is 0 Å². The Hall–Kier alpha value is -4.15. The van der Waals surface area contributed by atoms with Gasteiger partial charge < -0.3 is 15.3 Å².